The molecule has 1 heterocycles. The fourth-order valence-corrected chi connectivity index (χ4v) is 3.35. The van der Waals surface area contributed by atoms with Crippen LogP contribution < -0.4 is 0 Å². The Morgan fingerprint density at radius 1 is 1.13 bits per heavy atom. The van der Waals surface area contributed by atoms with Crippen LogP contribution in [0.5, 0.6) is 0 Å². The lowest BCUT2D eigenvalue weighted by molar-refractivity contribution is -0.127. The van der Waals surface area contributed by atoms with Crippen LogP contribution >= 0.6 is 0 Å². The molecule has 0 atom stereocenters. The second-order valence-electron chi connectivity index (χ2n) is 5.37. The molecular formula is C17H20N2O3S. The van der Waals surface area contributed by atoms with Crippen LogP contribution in [0.15, 0.2) is 53.7 Å². The van der Waals surface area contributed by atoms with Crippen LogP contribution in [-0.2, 0) is 27.6 Å². The molecule has 122 valence electrons. The van der Waals surface area contributed by atoms with Crippen molar-refractivity contribution < 1.29 is 13.2 Å². The van der Waals surface area contributed by atoms with Crippen molar-refractivity contribution in [1.29, 1.82) is 0 Å². The molecule has 0 saturated carbocycles. The number of rotatable bonds is 6. The summed E-state index contributed by atoms with van der Waals surface area (Å²) in [7, 11) is -2.06. The molecule has 0 saturated heterocycles. The van der Waals surface area contributed by atoms with Crippen LogP contribution in [-0.4, -0.2) is 37.0 Å². The van der Waals surface area contributed by atoms with Crippen molar-refractivity contribution in [3.05, 3.63) is 59.9 Å². The molecule has 2 aromatic rings. The molecule has 0 unspecified atom stereocenters. The van der Waals surface area contributed by atoms with Gasteiger partial charge in [0.1, 0.15) is 5.75 Å². The molecule has 23 heavy (non-hydrogen) atoms. The van der Waals surface area contributed by atoms with Crippen LogP contribution in [0.2, 0.25) is 0 Å². The number of aryl methyl sites for hydroxylation is 1. The Morgan fingerprint density at radius 2 is 1.78 bits per heavy atom. The fraction of sp³-hybridized carbons (Fsp3) is 0.294. The van der Waals surface area contributed by atoms with Crippen molar-refractivity contribution in [3.8, 4) is 0 Å². The third-order valence-corrected chi connectivity index (χ3v) is 5.17. The van der Waals surface area contributed by atoms with E-state index < -0.39 is 21.5 Å². The Hall–Kier alpha value is -2.21. The van der Waals surface area contributed by atoms with Gasteiger partial charge in [-0.1, -0.05) is 31.2 Å². The van der Waals surface area contributed by atoms with Crippen molar-refractivity contribution in [2.24, 2.45) is 0 Å². The van der Waals surface area contributed by atoms with Crippen LogP contribution in [0.3, 0.4) is 0 Å². The van der Waals surface area contributed by atoms with Gasteiger partial charge in [0.25, 0.3) is 0 Å². The molecule has 5 nitrogen and oxygen atoms in total. The van der Waals surface area contributed by atoms with Crippen LogP contribution in [0.1, 0.15) is 18.1 Å². The molecule has 6 heteroatoms. The summed E-state index contributed by atoms with van der Waals surface area (Å²) >= 11 is 0. The molecule has 0 aliphatic carbocycles. The topological polar surface area (TPSA) is 67.3 Å². The van der Waals surface area contributed by atoms with Gasteiger partial charge in [0.2, 0.25) is 5.91 Å². The molecule has 0 aliphatic heterocycles. The molecule has 0 radical (unpaired) electrons. The highest BCUT2D eigenvalue weighted by Crippen LogP contribution is 2.11. The summed E-state index contributed by atoms with van der Waals surface area (Å²) in [6.45, 7) is 2.46. The summed E-state index contributed by atoms with van der Waals surface area (Å²) in [5.74, 6) is -0.990. The van der Waals surface area contributed by atoms with Crippen LogP contribution in [0.4, 0.5) is 0 Å². The number of amides is 1. The molecule has 2 rings (SSSR count). The smallest absolute Gasteiger partial charge is 0.238 e. The fourth-order valence-electron chi connectivity index (χ4n) is 2.13. The van der Waals surface area contributed by atoms with E-state index in [0.717, 1.165) is 12.0 Å². The zero-order chi connectivity index (χ0) is 16.9. The average molecular weight is 332 g/mol. The predicted octanol–water partition coefficient (Wildman–Crippen LogP) is 2.08. The highest BCUT2D eigenvalue weighted by atomic mass is 32.2. The van der Waals surface area contributed by atoms with E-state index in [2.05, 4.69) is 11.9 Å². The number of carbonyl (C=O) groups is 1. The number of hydrogen-bond acceptors (Lipinski definition) is 4. The number of benzene rings is 1. The normalized spacial score (nSPS) is 11.2. The molecule has 1 aromatic carbocycles. The van der Waals surface area contributed by atoms with Gasteiger partial charge in [-0.2, -0.15) is 0 Å². The van der Waals surface area contributed by atoms with Gasteiger partial charge in [0.15, 0.2) is 9.84 Å². The van der Waals surface area contributed by atoms with E-state index in [1.807, 2.05) is 24.3 Å². The highest BCUT2D eigenvalue weighted by molar-refractivity contribution is 7.92. The van der Waals surface area contributed by atoms with E-state index in [4.69, 9.17) is 0 Å². The Balaban J connectivity index is 2.02. The Morgan fingerprint density at radius 3 is 2.35 bits per heavy atom. The SMILES string of the molecule is CCc1ccc(CN(C)C(=O)CS(=O)(=O)c2cccnc2)cc1. The van der Waals surface area contributed by atoms with E-state index in [1.165, 1.54) is 35.0 Å². The first-order valence-electron chi connectivity index (χ1n) is 7.37. The maximum Gasteiger partial charge on any atom is 0.238 e. The van der Waals surface area contributed by atoms with E-state index >= 15 is 0 Å². The summed E-state index contributed by atoms with van der Waals surface area (Å²) in [5, 5.41) is 0. The first-order valence-corrected chi connectivity index (χ1v) is 9.02. The number of aromatic nitrogens is 1. The van der Waals surface area contributed by atoms with Gasteiger partial charge in [-0.25, -0.2) is 8.42 Å². The Labute approximate surface area is 136 Å². The summed E-state index contributed by atoms with van der Waals surface area (Å²) in [5.41, 5.74) is 2.19. The summed E-state index contributed by atoms with van der Waals surface area (Å²) in [6.07, 6.45) is 3.71. The molecule has 1 aromatic heterocycles. The highest BCUT2D eigenvalue weighted by Gasteiger charge is 2.22. The standard InChI is InChI=1S/C17H20N2O3S/c1-3-14-6-8-15(9-7-14)12-19(2)17(20)13-23(21,22)16-5-4-10-18-11-16/h4-11H,3,12-13H2,1-2H3. The minimum atomic E-state index is -3.66. The second kappa shape index (κ2) is 7.37. The third-order valence-electron chi connectivity index (χ3n) is 3.58. The lowest BCUT2D eigenvalue weighted by atomic mass is 10.1. The van der Waals surface area contributed by atoms with Gasteiger partial charge < -0.3 is 4.90 Å². The molecule has 1 amide bonds. The quantitative estimate of drug-likeness (QED) is 0.812. The van der Waals surface area contributed by atoms with Crippen LogP contribution in [0.25, 0.3) is 0 Å². The van der Waals surface area contributed by atoms with Gasteiger partial charge in [-0.15, -0.1) is 0 Å². The van der Waals surface area contributed by atoms with Crippen molar-refractivity contribution in [3.63, 3.8) is 0 Å². The third kappa shape index (κ3) is 4.63. The Bertz CT molecular complexity index is 756. The number of nitrogens with zero attached hydrogens (tertiary/aromatic N) is 2. The summed E-state index contributed by atoms with van der Waals surface area (Å²) in [4.78, 5) is 17.5. The largest absolute Gasteiger partial charge is 0.341 e. The number of sulfone groups is 1. The zero-order valence-corrected chi connectivity index (χ0v) is 14.1. The first kappa shape index (κ1) is 17.1. The second-order valence-corrected chi connectivity index (χ2v) is 7.36. The van der Waals surface area contributed by atoms with E-state index in [0.29, 0.717) is 6.54 Å². The van der Waals surface area contributed by atoms with Crippen molar-refractivity contribution in [2.45, 2.75) is 24.8 Å². The lowest BCUT2D eigenvalue weighted by Crippen LogP contribution is -2.32. The van der Waals surface area contributed by atoms with Crippen LogP contribution in [0, 0.1) is 0 Å². The minimum absolute atomic E-state index is 0.0639. The molecule has 0 N–H and O–H groups in total. The molecule has 0 fully saturated rings. The van der Waals surface area contributed by atoms with Gasteiger partial charge in [0.05, 0.1) is 4.90 Å². The van der Waals surface area contributed by atoms with E-state index in [-0.39, 0.29) is 4.90 Å². The van der Waals surface area contributed by atoms with E-state index in [9.17, 15) is 13.2 Å². The lowest BCUT2D eigenvalue weighted by Gasteiger charge is -2.17. The summed E-state index contributed by atoms with van der Waals surface area (Å²) in [6, 6.07) is 10.9. The predicted molar refractivity (Wildman–Crippen MR) is 88.6 cm³/mol. The average Bonchev–Trinajstić information content (AvgIpc) is 2.56. The van der Waals surface area contributed by atoms with Gasteiger partial charge >= 0.3 is 0 Å². The molecular weight excluding hydrogens is 312 g/mol. The Kier molecular flexibility index (Phi) is 5.50. The molecule has 0 aliphatic rings. The molecule has 0 bridgehead atoms. The monoisotopic (exact) mass is 332 g/mol. The van der Waals surface area contributed by atoms with Crippen molar-refractivity contribution in [2.75, 3.05) is 12.8 Å². The van der Waals surface area contributed by atoms with E-state index in [1.54, 1.807) is 7.05 Å². The van der Waals surface area contributed by atoms with Gasteiger partial charge in [0, 0.05) is 26.0 Å². The summed E-state index contributed by atoms with van der Waals surface area (Å²) < 4.78 is 24.4. The number of hydrogen-bond donors (Lipinski definition) is 0. The maximum atomic E-state index is 12.2. The number of carbonyl (C=O) groups excluding carboxylic acids is 1. The van der Waals surface area contributed by atoms with Crippen molar-refractivity contribution in [1.82, 2.24) is 9.88 Å². The van der Waals surface area contributed by atoms with Crippen molar-refractivity contribution >= 4 is 15.7 Å². The zero-order valence-electron chi connectivity index (χ0n) is 13.3. The van der Waals surface area contributed by atoms with Gasteiger partial charge in [-0.05, 0) is 29.7 Å². The first-order chi connectivity index (χ1) is 10.9. The minimum Gasteiger partial charge on any atom is -0.341 e. The number of pyridine rings is 1. The maximum absolute atomic E-state index is 12.2. The molecule has 0 spiro atoms. The van der Waals surface area contributed by atoms with Gasteiger partial charge in [-0.3, -0.25) is 9.78 Å².